The van der Waals surface area contributed by atoms with Crippen LogP contribution < -0.4 is 5.73 Å². The van der Waals surface area contributed by atoms with E-state index in [4.69, 9.17) is 5.73 Å². The Balaban J connectivity index is 1.83. The lowest BCUT2D eigenvalue weighted by Gasteiger charge is -2.34. The summed E-state index contributed by atoms with van der Waals surface area (Å²) >= 11 is 0. The van der Waals surface area contributed by atoms with E-state index >= 15 is 0 Å². The van der Waals surface area contributed by atoms with Crippen molar-refractivity contribution < 1.29 is 8.78 Å². The van der Waals surface area contributed by atoms with Gasteiger partial charge in [-0.05, 0) is 19.0 Å². The number of benzene rings is 1. The molecule has 0 aromatic heterocycles. The molecule has 1 aromatic carbocycles. The maximum atomic E-state index is 13.6. The number of nitrogens with zero attached hydrogens (tertiary/aromatic N) is 2. The molecule has 0 radical (unpaired) electrons. The highest BCUT2D eigenvalue weighted by atomic mass is 19.2. The van der Waals surface area contributed by atoms with Crippen LogP contribution in [0.4, 0.5) is 8.78 Å². The first-order chi connectivity index (χ1) is 9.61. The molecule has 20 heavy (non-hydrogen) atoms. The predicted molar refractivity (Wildman–Crippen MR) is 76.5 cm³/mol. The van der Waals surface area contributed by atoms with Crippen molar-refractivity contribution in [3.05, 3.63) is 35.4 Å². The van der Waals surface area contributed by atoms with Crippen LogP contribution in [0, 0.1) is 11.6 Å². The van der Waals surface area contributed by atoms with Crippen LogP contribution in [0.25, 0.3) is 0 Å². The normalized spacial score (nSPS) is 19.2. The average Bonchev–Trinajstić information content (AvgIpc) is 2.48. The molecule has 1 aromatic rings. The monoisotopic (exact) mass is 283 g/mol. The fourth-order valence-electron chi connectivity index (χ4n) is 2.61. The van der Waals surface area contributed by atoms with Crippen molar-refractivity contribution in [2.45, 2.75) is 19.4 Å². The number of halogens is 2. The van der Waals surface area contributed by atoms with Crippen LogP contribution in [-0.4, -0.2) is 49.1 Å². The molecule has 0 saturated carbocycles. The third-order valence-electron chi connectivity index (χ3n) is 4.05. The minimum Gasteiger partial charge on any atom is -0.324 e. The smallest absolute Gasteiger partial charge is 0.163 e. The summed E-state index contributed by atoms with van der Waals surface area (Å²) in [7, 11) is 0. The molecule has 3 nitrogen and oxygen atoms in total. The van der Waals surface area contributed by atoms with Crippen molar-refractivity contribution in [2.75, 3.05) is 39.3 Å². The van der Waals surface area contributed by atoms with E-state index in [1.165, 1.54) is 6.07 Å². The molecule has 0 bridgehead atoms. The molecule has 2 rings (SSSR count). The fourth-order valence-corrected chi connectivity index (χ4v) is 2.61. The third kappa shape index (κ3) is 3.75. The topological polar surface area (TPSA) is 32.5 Å². The highest BCUT2D eigenvalue weighted by Gasteiger charge is 2.18. The van der Waals surface area contributed by atoms with Gasteiger partial charge >= 0.3 is 0 Å². The number of nitrogens with two attached hydrogens (primary N) is 1. The minimum atomic E-state index is -0.825. The molecule has 1 aliphatic heterocycles. The Morgan fingerprint density at radius 1 is 1.15 bits per heavy atom. The summed E-state index contributed by atoms with van der Waals surface area (Å²) in [5.41, 5.74) is 6.27. The zero-order valence-electron chi connectivity index (χ0n) is 12.0. The maximum absolute atomic E-state index is 13.6. The summed E-state index contributed by atoms with van der Waals surface area (Å²) in [6, 6.07) is 3.75. The zero-order valence-corrected chi connectivity index (χ0v) is 12.0. The van der Waals surface area contributed by atoms with Gasteiger partial charge in [-0.3, -0.25) is 0 Å². The maximum Gasteiger partial charge on any atom is 0.163 e. The SMILES string of the molecule is CCN1CCN(CCC(N)c2cccc(F)c2F)CC1. The van der Waals surface area contributed by atoms with Crippen LogP contribution in [-0.2, 0) is 0 Å². The molecular weight excluding hydrogens is 260 g/mol. The third-order valence-corrected chi connectivity index (χ3v) is 4.05. The second-order valence-electron chi connectivity index (χ2n) is 5.31. The Kier molecular flexibility index (Phi) is 5.46. The molecule has 1 saturated heterocycles. The average molecular weight is 283 g/mol. The molecule has 1 fully saturated rings. The Bertz CT molecular complexity index is 431. The van der Waals surface area contributed by atoms with Gasteiger partial charge in [0, 0.05) is 44.3 Å². The van der Waals surface area contributed by atoms with E-state index in [0.717, 1.165) is 45.3 Å². The van der Waals surface area contributed by atoms with E-state index in [-0.39, 0.29) is 5.56 Å². The van der Waals surface area contributed by atoms with Gasteiger partial charge in [0.05, 0.1) is 0 Å². The molecule has 112 valence electrons. The lowest BCUT2D eigenvalue weighted by Crippen LogP contribution is -2.46. The molecule has 0 spiro atoms. The second kappa shape index (κ2) is 7.11. The summed E-state index contributed by atoms with van der Waals surface area (Å²) in [6.07, 6.45) is 0.645. The van der Waals surface area contributed by atoms with Crippen molar-refractivity contribution in [2.24, 2.45) is 5.73 Å². The molecule has 1 aliphatic rings. The lowest BCUT2D eigenvalue weighted by molar-refractivity contribution is 0.134. The predicted octanol–water partition coefficient (Wildman–Crippen LogP) is 1.99. The second-order valence-corrected chi connectivity index (χ2v) is 5.31. The van der Waals surface area contributed by atoms with Crippen LogP contribution >= 0.6 is 0 Å². The van der Waals surface area contributed by atoms with Crippen molar-refractivity contribution >= 4 is 0 Å². The van der Waals surface area contributed by atoms with Gasteiger partial charge < -0.3 is 15.5 Å². The van der Waals surface area contributed by atoms with E-state index in [0.29, 0.717) is 6.42 Å². The minimum absolute atomic E-state index is 0.275. The van der Waals surface area contributed by atoms with Gasteiger partial charge in [-0.2, -0.15) is 0 Å². The van der Waals surface area contributed by atoms with Crippen molar-refractivity contribution in [1.29, 1.82) is 0 Å². The van der Waals surface area contributed by atoms with Crippen LogP contribution in [0.2, 0.25) is 0 Å². The summed E-state index contributed by atoms with van der Waals surface area (Å²) in [5, 5.41) is 0. The van der Waals surface area contributed by atoms with E-state index in [9.17, 15) is 8.78 Å². The highest BCUT2D eigenvalue weighted by molar-refractivity contribution is 5.22. The van der Waals surface area contributed by atoms with Gasteiger partial charge in [0.15, 0.2) is 11.6 Å². The summed E-state index contributed by atoms with van der Waals surface area (Å²) in [4.78, 5) is 4.74. The van der Waals surface area contributed by atoms with Crippen LogP contribution in [0.1, 0.15) is 24.9 Å². The van der Waals surface area contributed by atoms with E-state index in [1.54, 1.807) is 6.07 Å². The number of hydrogen-bond acceptors (Lipinski definition) is 3. The fraction of sp³-hybridized carbons (Fsp3) is 0.600. The molecular formula is C15H23F2N3. The molecule has 0 aliphatic carbocycles. The zero-order chi connectivity index (χ0) is 14.5. The van der Waals surface area contributed by atoms with Crippen molar-refractivity contribution in [3.8, 4) is 0 Å². The first-order valence-electron chi connectivity index (χ1n) is 7.26. The van der Waals surface area contributed by atoms with E-state index in [1.807, 2.05) is 0 Å². The first-order valence-corrected chi connectivity index (χ1v) is 7.26. The number of piperazine rings is 1. The Morgan fingerprint density at radius 2 is 1.80 bits per heavy atom. The molecule has 1 heterocycles. The Morgan fingerprint density at radius 3 is 2.45 bits per heavy atom. The van der Waals surface area contributed by atoms with Gasteiger partial charge in [-0.15, -0.1) is 0 Å². The largest absolute Gasteiger partial charge is 0.324 e. The van der Waals surface area contributed by atoms with Crippen molar-refractivity contribution in [1.82, 2.24) is 9.80 Å². The molecule has 0 amide bonds. The first kappa shape index (κ1) is 15.4. The van der Waals surface area contributed by atoms with E-state index < -0.39 is 17.7 Å². The number of likely N-dealkylation sites (N-methyl/N-ethyl adjacent to an activating group) is 1. The van der Waals surface area contributed by atoms with E-state index in [2.05, 4.69) is 16.7 Å². The Hall–Kier alpha value is -1.04. The standard InChI is InChI=1S/C15H23F2N3/c1-2-19-8-10-20(11-9-19)7-6-14(18)12-4-3-5-13(16)15(12)17/h3-5,14H,2,6-11,18H2,1H3. The summed E-state index contributed by atoms with van der Waals surface area (Å²) < 4.78 is 26.8. The molecule has 1 atom stereocenters. The number of rotatable bonds is 5. The van der Waals surface area contributed by atoms with Gasteiger partial charge in [-0.1, -0.05) is 19.1 Å². The summed E-state index contributed by atoms with van der Waals surface area (Å²) in [6.45, 7) is 8.26. The summed E-state index contributed by atoms with van der Waals surface area (Å²) in [5.74, 6) is -1.63. The molecule has 5 heteroatoms. The number of hydrogen-bond donors (Lipinski definition) is 1. The quantitative estimate of drug-likeness (QED) is 0.897. The van der Waals surface area contributed by atoms with Gasteiger partial charge in [-0.25, -0.2) is 8.78 Å². The molecule has 1 unspecified atom stereocenters. The lowest BCUT2D eigenvalue weighted by atomic mass is 10.0. The van der Waals surface area contributed by atoms with Gasteiger partial charge in [0.1, 0.15) is 0 Å². The highest BCUT2D eigenvalue weighted by Crippen LogP contribution is 2.20. The van der Waals surface area contributed by atoms with Crippen LogP contribution in [0.3, 0.4) is 0 Å². The van der Waals surface area contributed by atoms with Gasteiger partial charge in [0.2, 0.25) is 0 Å². The Labute approximate surface area is 119 Å². The van der Waals surface area contributed by atoms with Gasteiger partial charge in [0.25, 0.3) is 0 Å². The van der Waals surface area contributed by atoms with Crippen LogP contribution in [0.5, 0.6) is 0 Å². The van der Waals surface area contributed by atoms with Crippen molar-refractivity contribution in [3.63, 3.8) is 0 Å². The molecule has 2 N–H and O–H groups in total. The van der Waals surface area contributed by atoms with Crippen LogP contribution in [0.15, 0.2) is 18.2 Å².